The Morgan fingerprint density at radius 1 is 1.41 bits per heavy atom. The van der Waals surface area contributed by atoms with E-state index in [1.54, 1.807) is 7.11 Å². The first-order valence-corrected chi connectivity index (χ1v) is 6.78. The van der Waals surface area contributed by atoms with Crippen LogP contribution in [0.2, 0.25) is 5.02 Å². The van der Waals surface area contributed by atoms with Crippen LogP contribution >= 0.6 is 23.2 Å². The van der Waals surface area contributed by atoms with E-state index in [-0.39, 0.29) is 0 Å². The van der Waals surface area contributed by atoms with Gasteiger partial charge in [0.1, 0.15) is 5.75 Å². The molecule has 1 aromatic carbocycles. The smallest absolute Gasteiger partial charge is 0.123 e. The Bertz CT molecular complexity index is 380. The zero-order chi connectivity index (χ0) is 12.3. The molecule has 0 saturated heterocycles. The van der Waals surface area contributed by atoms with Crippen LogP contribution in [0.15, 0.2) is 18.2 Å². The standard InChI is InChI=1S/C13H17Cl2NO/c1-17-13-5-2-11(15)8-10(13)9-16(7-6-14)12-3-4-12/h2,5,8,12H,3-4,6-7,9H2,1H3. The Kier molecular flexibility index (Phi) is 4.55. The molecule has 0 spiro atoms. The minimum Gasteiger partial charge on any atom is -0.496 e. The van der Waals surface area contributed by atoms with E-state index in [9.17, 15) is 0 Å². The lowest BCUT2D eigenvalue weighted by Gasteiger charge is -2.22. The molecule has 1 aliphatic carbocycles. The molecule has 4 heteroatoms. The average molecular weight is 274 g/mol. The first-order valence-electron chi connectivity index (χ1n) is 5.87. The molecular formula is C13H17Cl2NO. The Hall–Kier alpha value is -0.440. The van der Waals surface area contributed by atoms with Gasteiger partial charge in [-0.1, -0.05) is 11.6 Å². The predicted molar refractivity (Wildman–Crippen MR) is 72.2 cm³/mol. The summed E-state index contributed by atoms with van der Waals surface area (Å²) < 4.78 is 5.36. The highest BCUT2D eigenvalue weighted by Crippen LogP contribution is 2.31. The van der Waals surface area contributed by atoms with E-state index in [4.69, 9.17) is 27.9 Å². The molecule has 1 saturated carbocycles. The molecule has 0 aromatic heterocycles. The number of benzene rings is 1. The molecule has 2 nitrogen and oxygen atoms in total. The number of rotatable bonds is 6. The third kappa shape index (κ3) is 3.51. The average Bonchev–Trinajstić information content (AvgIpc) is 3.13. The first-order chi connectivity index (χ1) is 8.24. The molecule has 0 radical (unpaired) electrons. The molecule has 0 N–H and O–H groups in total. The third-order valence-corrected chi connectivity index (χ3v) is 3.46. The van der Waals surface area contributed by atoms with Crippen LogP contribution in [0.3, 0.4) is 0 Å². The summed E-state index contributed by atoms with van der Waals surface area (Å²) in [5, 5.41) is 0.752. The van der Waals surface area contributed by atoms with Gasteiger partial charge in [-0.3, -0.25) is 4.90 Å². The normalized spacial score (nSPS) is 15.3. The largest absolute Gasteiger partial charge is 0.496 e. The molecule has 1 fully saturated rings. The predicted octanol–water partition coefficient (Wildman–Crippen LogP) is 3.55. The molecule has 1 aromatic rings. The summed E-state index contributed by atoms with van der Waals surface area (Å²) in [5.74, 6) is 1.56. The maximum Gasteiger partial charge on any atom is 0.123 e. The van der Waals surface area contributed by atoms with Crippen molar-refractivity contribution in [3.8, 4) is 5.75 Å². The van der Waals surface area contributed by atoms with Crippen molar-refractivity contribution in [3.05, 3.63) is 28.8 Å². The minimum absolute atomic E-state index is 0.666. The summed E-state index contributed by atoms with van der Waals surface area (Å²) >= 11 is 11.9. The van der Waals surface area contributed by atoms with Crippen LogP contribution in [0.1, 0.15) is 18.4 Å². The van der Waals surface area contributed by atoms with Crippen molar-refractivity contribution in [2.24, 2.45) is 0 Å². The monoisotopic (exact) mass is 273 g/mol. The summed E-state index contributed by atoms with van der Waals surface area (Å²) in [6.07, 6.45) is 2.56. The Labute approximate surface area is 112 Å². The molecule has 1 aliphatic rings. The molecule has 94 valence electrons. The van der Waals surface area contributed by atoms with Gasteiger partial charge in [0.25, 0.3) is 0 Å². The van der Waals surface area contributed by atoms with Gasteiger partial charge in [0.05, 0.1) is 7.11 Å². The first kappa shape index (κ1) is 13.0. The van der Waals surface area contributed by atoms with E-state index < -0.39 is 0 Å². The highest BCUT2D eigenvalue weighted by molar-refractivity contribution is 6.30. The molecular weight excluding hydrogens is 257 g/mol. The highest BCUT2D eigenvalue weighted by Gasteiger charge is 2.28. The van der Waals surface area contributed by atoms with Crippen molar-refractivity contribution in [2.45, 2.75) is 25.4 Å². The van der Waals surface area contributed by atoms with Crippen LogP contribution in [0.25, 0.3) is 0 Å². The third-order valence-electron chi connectivity index (χ3n) is 3.05. The van der Waals surface area contributed by atoms with Gasteiger partial charge in [0.2, 0.25) is 0 Å². The van der Waals surface area contributed by atoms with Crippen molar-refractivity contribution in [3.63, 3.8) is 0 Å². The zero-order valence-corrected chi connectivity index (χ0v) is 11.5. The van der Waals surface area contributed by atoms with Crippen molar-refractivity contribution in [1.82, 2.24) is 4.90 Å². The Morgan fingerprint density at radius 3 is 2.76 bits per heavy atom. The van der Waals surface area contributed by atoms with Gasteiger partial charge in [0, 0.05) is 35.6 Å². The fraction of sp³-hybridized carbons (Fsp3) is 0.538. The second kappa shape index (κ2) is 5.94. The van der Waals surface area contributed by atoms with Gasteiger partial charge in [-0.05, 0) is 31.0 Å². The lowest BCUT2D eigenvalue weighted by atomic mass is 10.2. The molecule has 0 bridgehead atoms. The van der Waals surface area contributed by atoms with Gasteiger partial charge >= 0.3 is 0 Å². The minimum atomic E-state index is 0.666. The van der Waals surface area contributed by atoms with Gasteiger partial charge in [-0.15, -0.1) is 11.6 Å². The van der Waals surface area contributed by atoms with Crippen molar-refractivity contribution in [1.29, 1.82) is 0 Å². The fourth-order valence-corrected chi connectivity index (χ4v) is 2.44. The second-order valence-corrected chi connectivity index (χ2v) is 5.16. The quantitative estimate of drug-likeness (QED) is 0.735. The number of hydrogen-bond donors (Lipinski definition) is 0. The van der Waals surface area contributed by atoms with Crippen LogP contribution < -0.4 is 4.74 Å². The van der Waals surface area contributed by atoms with E-state index >= 15 is 0 Å². The zero-order valence-electron chi connectivity index (χ0n) is 9.96. The van der Waals surface area contributed by atoms with Gasteiger partial charge in [-0.2, -0.15) is 0 Å². The van der Waals surface area contributed by atoms with Crippen molar-refractivity contribution >= 4 is 23.2 Å². The maximum absolute atomic E-state index is 6.03. The van der Waals surface area contributed by atoms with E-state index in [1.165, 1.54) is 12.8 Å². The number of halogens is 2. The van der Waals surface area contributed by atoms with Crippen LogP contribution in [-0.2, 0) is 6.54 Å². The second-order valence-electron chi connectivity index (χ2n) is 4.35. The maximum atomic E-state index is 6.03. The lowest BCUT2D eigenvalue weighted by molar-refractivity contribution is 0.266. The lowest BCUT2D eigenvalue weighted by Crippen LogP contribution is -2.27. The summed E-state index contributed by atoms with van der Waals surface area (Å²) in [6, 6.07) is 6.44. The van der Waals surface area contributed by atoms with Crippen LogP contribution in [-0.4, -0.2) is 30.5 Å². The molecule has 2 rings (SSSR count). The van der Waals surface area contributed by atoms with Crippen LogP contribution in [0.5, 0.6) is 5.75 Å². The number of alkyl halides is 1. The van der Waals surface area contributed by atoms with E-state index in [2.05, 4.69) is 4.90 Å². The van der Waals surface area contributed by atoms with Crippen LogP contribution in [0, 0.1) is 0 Å². The molecule has 0 heterocycles. The number of nitrogens with zero attached hydrogens (tertiary/aromatic N) is 1. The Morgan fingerprint density at radius 2 is 2.18 bits per heavy atom. The molecule has 0 amide bonds. The Balaban J connectivity index is 2.11. The fourth-order valence-electron chi connectivity index (χ4n) is 2.03. The van der Waals surface area contributed by atoms with Crippen molar-refractivity contribution in [2.75, 3.05) is 19.5 Å². The van der Waals surface area contributed by atoms with Crippen molar-refractivity contribution < 1.29 is 4.74 Å². The van der Waals surface area contributed by atoms with E-state index in [1.807, 2.05) is 18.2 Å². The summed E-state index contributed by atoms with van der Waals surface area (Å²) in [4.78, 5) is 2.40. The van der Waals surface area contributed by atoms with Crippen LogP contribution in [0.4, 0.5) is 0 Å². The number of methoxy groups -OCH3 is 1. The SMILES string of the molecule is COc1ccc(Cl)cc1CN(CCCl)C1CC1. The molecule has 0 aliphatic heterocycles. The molecule has 17 heavy (non-hydrogen) atoms. The summed E-state index contributed by atoms with van der Waals surface area (Å²) in [6.45, 7) is 1.78. The van der Waals surface area contributed by atoms with Gasteiger partial charge in [0.15, 0.2) is 0 Å². The summed E-state index contributed by atoms with van der Waals surface area (Å²) in [7, 11) is 1.69. The summed E-state index contributed by atoms with van der Waals surface area (Å²) in [5.41, 5.74) is 1.14. The highest BCUT2D eigenvalue weighted by atomic mass is 35.5. The van der Waals surface area contributed by atoms with Gasteiger partial charge < -0.3 is 4.74 Å². The van der Waals surface area contributed by atoms with Gasteiger partial charge in [-0.25, -0.2) is 0 Å². The molecule has 0 unspecified atom stereocenters. The number of ether oxygens (including phenoxy) is 1. The topological polar surface area (TPSA) is 12.5 Å². The molecule has 0 atom stereocenters. The van der Waals surface area contributed by atoms with E-state index in [0.717, 1.165) is 29.4 Å². The number of hydrogen-bond acceptors (Lipinski definition) is 2. The van der Waals surface area contributed by atoms with E-state index in [0.29, 0.717) is 11.9 Å².